The van der Waals surface area contributed by atoms with Crippen molar-refractivity contribution in [3.8, 4) is 0 Å². The zero-order valence-electron chi connectivity index (χ0n) is 13.6. The molecule has 22 heavy (non-hydrogen) atoms. The highest BCUT2D eigenvalue weighted by Crippen LogP contribution is 2.24. The molecule has 0 spiro atoms. The highest BCUT2D eigenvalue weighted by Gasteiger charge is 2.18. The van der Waals surface area contributed by atoms with Crippen LogP contribution in [0.5, 0.6) is 0 Å². The Morgan fingerprint density at radius 3 is 2.36 bits per heavy atom. The maximum atomic E-state index is 12.4. The predicted octanol–water partition coefficient (Wildman–Crippen LogP) is 4.66. The molecule has 2 nitrogen and oxygen atoms in total. The molecule has 2 aromatic rings. The van der Waals surface area contributed by atoms with Crippen molar-refractivity contribution in [3.63, 3.8) is 0 Å². The Balaban J connectivity index is 1.98. The summed E-state index contributed by atoms with van der Waals surface area (Å²) in [6.07, 6.45) is 0. The van der Waals surface area contributed by atoms with Crippen LogP contribution in [0.4, 0.5) is 0 Å². The van der Waals surface area contributed by atoms with Gasteiger partial charge < -0.3 is 5.32 Å². The van der Waals surface area contributed by atoms with Gasteiger partial charge in [0, 0.05) is 4.90 Å². The van der Waals surface area contributed by atoms with Gasteiger partial charge in [0.1, 0.15) is 0 Å². The average Bonchev–Trinajstić information content (AvgIpc) is 2.47. The minimum absolute atomic E-state index is 0.0203. The largest absolute Gasteiger partial charge is 0.349 e. The first-order valence-corrected chi connectivity index (χ1v) is 8.44. The third kappa shape index (κ3) is 4.38. The van der Waals surface area contributed by atoms with Gasteiger partial charge >= 0.3 is 0 Å². The summed E-state index contributed by atoms with van der Waals surface area (Å²) in [7, 11) is 0. The van der Waals surface area contributed by atoms with Crippen LogP contribution < -0.4 is 5.32 Å². The predicted molar refractivity (Wildman–Crippen MR) is 94.2 cm³/mol. The molecule has 2 aromatic carbocycles. The minimum Gasteiger partial charge on any atom is -0.349 e. The fourth-order valence-electron chi connectivity index (χ4n) is 2.48. The highest BCUT2D eigenvalue weighted by molar-refractivity contribution is 8.00. The van der Waals surface area contributed by atoms with E-state index in [9.17, 15) is 4.79 Å². The van der Waals surface area contributed by atoms with Crippen LogP contribution in [0.25, 0.3) is 0 Å². The van der Waals surface area contributed by atoms with Crippen molar-refractivity contribution in [2.45, 2.75) is 43.9 Å². The summed E-state index contributed by atoms with van der Waals surface area (Å²) in [5, 5.41) is 3.00. The lowest BCUT2D eigenvalue weighted by Crippen LogP contribution is -2.33. The zero-order chi connectivity index (χ0) is 16.1. The standard InChI is InChI=1S/C19H23NOS/c1-13-10-11-18(14(2)12-13)15(3)20-19(21)16(4)22-17-8-6-5-7-9-17/h5-12,15-16H,1-4H3,(H,20,21)/t15-,16+/m1/s1. The molecular weight excluding hydrogens is 290 g/mol. The van der Waals surface area contributed by atoms with Gasteiger partial charge in [0.25, 0.3) is 0 Å². The average molecular weight is 313 g/mol. The smallest absolute Gasteiger partial charge is 0.233 e. The molecule has 1 amide bonds. The Morgan fingerprint density at radius 1 is 1.05 bits per heavy atom. The molecule has 0 heterocycles. The Bertz CT molecular complexity index is 639. The second kappa shape index (κ2) is 7.50. The molecular formula is C19H23NOS. The van der Waals surface area contributed by atoms with Gasteiger partial charge in [-0.2, -0.15) is 0 Å². The van der Waals surface area contributed by atoms with Gasteiger partial charge in [0.15, 0.2) is 0 Å². The van der Waals surface area contributed by atoms with Gasteiger partial charge in [-0.25, -0.2) is 0 Å². The van der Waals surface area contributed by atoms with E-state index in [1.165, 1.54) is 16.7 Å². The Hall–Kier alpha value is -1.74. The fraction of sp³-hybridized carbons (Fsp3) is 0.316. The molecule has 0 unspecified atom stereocenters. The van der Waals surface area contributed by atoms with Crippen LogP contribution in [0, 0.1) is 13.8 Å². The molecule has 2 atom stereocenters. The molecule has 0 bridgehead atoms. The topological polar surface area (TPSA) is 29.1 Å². The molecule has 0 radical (unpaired) electrons. The lowest BCUT2D eigenvalue weighted by molar-refractivity contribution is -0.120. The summed E-state index contributed by atoms with van der Waals surface area (Å²) in [6, 6.07) is 16.4. The van der Waals surface area contributed by atoms with Gasteiger partial charge in [0.2, 0.25) is 5.91 Å². The van der Waals surface area contributed by atoms with Crippen LogP contribution >= 0.6 is 11.8 Å². The summed E-state index contributed by atoms with van der Waals surface area (Å²) in [5.74, 6) is 0.0707. The Morgan fingerprint density at radius 2 is 1.73 bits per heavy atom. The highest BCUT2D eigenvalue weighted by atomic mass is 32.2. The van der Waals surface area contributed by atoms with Crippen molar-refractivity contribution >= 4 is 17.7 Å². The van der Waals surface area contributed by atoms with E-state index in [0.29, 0.717) is 0 Å². The number of carbonyl (C=O) groups excluding carboxylic acids is 1. The maximum absolute atomic E-state index is 12.4. The Kier molecular flexibility index (Phi) is 5.67. The SMILES string of the molecule is Cc1ccc([C@@H](C)NC(=O)[C@H](C)Sc2ccccc2)c(C)c1. The third-order valence-electron chi connectivity index (χ3n) is 3.68. The molecule has 0 aliphatic rings. The van der Waals surface area contributed by atoms with Crippen molar-refractivity contribution in [1.82, 2.24) is 5.32 Å². The minimum atomic E-state index is -0.115. The second-order valence-electron chi connectivity index (χ2n) is 5.66. The first-order valence-electron chi connectivity index (χ1n) is 7.56. The van der Waals surface area contributed by atoms with Crippen LogP contribution in [0.2, 0.25) is 0 Å². The van der Waals surface area contributed by atoms with Crippen LogP contribution in [-0.2, 0) is 4.79 Å². The molecule has 0 fully saturated rings. The van der Waals surface area contributed by atoms with Gasteiger partial charge in [0.05, 0.1) is 11.3 Å². The first-order chi connectivity index (χ1) is 10.5. The molecule has 3 heteroatoms. The van der Waals surface area contributed by atoms with E-state index in [1.807, 2.05) is 44.2 Å². The normalized spacial score (nSPS) is 13.5. The summed E-state index contributed by atoms with van der Waals surface area (Å²) in [5.41, 5.74) is 3.64. The first kappa shape index (κ1) is 16.6. The summed E-state index contributed by atoms with van der Waals surface area (Å²) >= 11 is 1.58. The number of rotatable bonds is 5. The molecule has 1 N–H and O–H groups in total. The molecule has 0 aliphatic carbocycles. The number of amides is 1. The second-order valence-corrected chi connectivity index (χ2v) is 7.08. The van der Waals surface area contributed by atoms with Crippen LogP contribution in [0.3, 0.4) is 0 Å². The molecule has 2 rings (SSSR count). The fourth-order valence-corrected chi connectivity index (χ4v) is 3.37. The number of thioether (sulfide) groups is 1. The molecule has 116 valence electrons. The van der Waals surface area contributed by atoms with E-state index >= 15 is 0 Å². The third-order valence-corrected chi connectivity index (χ3v) is 4.79. The van der Waals surface area contributed by atoms with Gasteiger partial charge in [-0.3, -0.25) is 4.79 Å². The van der Waals surface area contributed by atoms with Crippen LogP contribution in [-0.4, -0.2) is 11.2 Å². The molecule has 0 aromatic heterocycles. The van der Waals surface area contributed by atoms with Crippen LogP contribution in [0.1, 0.15) is 36.6 Å². The van der Waals surface area contributed by atoms with E-state index in [-0.39, 0.29) is 17.2 Å². The van der Waals surface area contributed by atoms with E-state index in [0.717, 1.165) is 4.90 Å². The summed E-state index contributed by atoms with van der Waals surface area (Å²) in [4.78, 5) is 13.5. The van der Waals surface area contributed by atoms with Crippen molar-refractivity contribution in [2.24, 2.45) is 0 Å². The summed E-state index contributed by atoms with van der Waals surface area (Å²) < 4.78 is 0. The van der Waals surface area contributed by atoms with Gasteiger partial charge in [-0.15, -0.1) is 11.8 Å². The number of nitrogens with one attached hydrogen (secondary N) is 1. The summed E-state index contributed by atoms with van der Waals surface area (Å²) in [6.45, 7) is 8.16. The lowest BCUT2D eigenvalue weighted by atomic mass is 10.0. The van der Waals surface area contributed by atoms with E-state index in [1.54, 1.807) is 11.8 Å². The number of carbonyl (C=O) groups is 1. The van der Waals surface area contributed by atoms with Crippen molar-refractivity contribution in [2.75, 3.05) is 0 Å². The molecule has 0 saturated heterocycles. The van der Waals surface area contributed by atoms with Gasteiger partial charge in [-0.05, 0) is 51.0 Å². The number of aryl methyl sites for hydroxylation is 2. The van der Waals surface area contributed by atoms with Crippen LogP contribution in [0.15, 0.2) is 53.4 Å². The monoisotopic (exact) mass is 313 g/mol. The maximum Gasteiger partial charge on any atom is 0.233 e. The van der Waals surface area contributed by atoms with Crippen molar-refractivity contribution in [1.29, 1.82) is 0 Å². The quantitative estimate of drug-likeness (QED) is 0.813. The van der Waals surface area contributed by atoms with E-state index in [2.05, 4.69) is 37.4 Å². The number of benzene rings is 2. The Labute approximate surface area is 137 Å². The van der Waals surface area contributed by atoms with Gasteiger partial charge in [-0.1, -0.05) is 42.0 Å². The van der Waals surface area contributed by atoms with Crippen molar-refractivity contribution < 1.29 is 4.79 Å². The number of hydrogen-bond donors (Lipinski definition) is 1. The van der Waals surface area contributed by atoms with E-state index < -0.39 is 0 Å². The number of hydrogen-bond acceptors (Lipinski definition) is 2. The lowest BCUT2D eigenvalue weighted by Gasteiger charge is -2.19. The molecule has 0 aliphatic heterocycles. The molecule has 0 saturated carbocycles. The zero-order valence-corrected chi connectivity index (χ0v) is 14.4. The van der Waals surface area contributed by atoms with Crippen molar-refractivity contribution in [3.05, 3.63) is 65.2 Å². The van der Waals surface area contributed by atoms with E-state index in [4.69, 9.17) is 0 Å².